The van der Waals surface area contributed by atoms with Gasteiger partial charge in [0.15, 0.2) is 0 Å². The van der Waals surface area contributed by atoms with E-state index in [1.54, 1.807) is 0 Å². The Hall–Kier alpha value is 0.270. The van der Waals surface area contributed by atoms with E-state index in [1.165, 1.54) is 37.9 Å². The summed E-state index contributed by atoms with van der Waals surface area (Å²) in [5, 5.41) is 3.45. The van der Waals surface area contributed by atoms with Crippen LogP contribution in [-0.4, -0.2) is 38.3 Å². The molecular weight excluding hydrogens is 230 g/mol. The maximum absolute atomic E-state index is 5.61. The second-order valence-corrected chi connectivity index (χ2v) is 5.96. The van der Waals surface area contributed by atoms with Gasteiger partial charge in [0.1, 0.15) is 0 Å². The van der Waals surface area contributed by atoms with Gasteiger partial charge in [-0.15, -0.1) is 0 Å². The zero-order valence-electron chi connectivity index (χ0n) is 12.0. The average Bonchev–Trinajstić information content (AvgIpc) is 2.30. The first-order valence-electron chi connectivity index (χ1n) is 7.04. The summed E-state index contributed by atoms with van der Waals surface area (Å²) in [7, 11) is 0. The van der Waals surface area contributed by atoms with Gasteiger partial charge in [-0.1, -0.05) is 20.3 Å². The van der Waals surface area contributed by atoms with Crippen LogP contribution >= 0.6 is 11.8 Å². The predicted molar refractivity (Wildman–Crippen MR) is 80.0 cm³/mol. The highest BCUT2D eigenvalue weighted by atomic mass is 32.2. The minimum absolute atomic E-state index is 0.757. The number of ether oxygens (including phenoxy) is 1. The Morgan fingerprint density at radius 2 is 1.71 bits per heavy atom. The zero-order chi connectivity index (χ0) is 12.8. The van der Waals surface area contributed by atoms with Crippen molar-refractivity contribution in [3.8, 4) is 0 Å². The highest BCUT2D eigenvalue weighted by Gasteiger charge is 1.94. The van der Waals surface area contributed by atoms with Crippen LogP contribution in [0.25, 0.3) is 0 Å². The number of thioether (sulfide) groups is 1. The molecule has 0 bridgehead atoms. The van der Waals surface area contributed by atoms with E-state index in [0.29, 0.717) is 0 Å². The Morgan fingerprint density at radius 1 is 1.00 bits per heavy atom. The molecule has 3 heteroatoms. The third kappa shape index (κ3) is 16.3. The van der Waals surface area contributed by atoms with Crippen LogP contribution in [0.2, 0.25) is 0 Å². The summed E-state index contributed by atoms with van der Waals surface area (Å²) >= 11 is 1.94. The van der Waals surface area contributed by atoms with Crippen LogP contribution in [0.1, 0.15) is 46.0 Å². The number of rotatable bonds is 13. The molecule has 0 radical (unpaired) electrons. The molecule has 0 rings (SSSR count). The van der Waals surface area contributed by atoms with E-state index in [-0.39, 0.29) is 0 Å². The highest BCUT2D eigenvalue weighted by molar-refractivity contribution is 7.98. The van der Waals surface area contributed by atoms with E-state index in [0.717, 1.165) is 32.2 Å². The molecule has 0 spiro atoms. The van der Waals surface area contributed by atoms with Gasteiger partial charge in [-0.05, 0) is 56.7 Å². The van der Waals surface area contributed by atoms with E-state index in [1.807, 2.05) is 11.8 Å². The Morgan fingerprint density at radius 3 is 2.35 bits per heavy atom. The molecule has 0 saturated heterocycles. The molecule has 0 amide bonds. The minimum atomic E-state index is 0.757. The van der Waals surface area contributed by atoms with Crippen molar-refractivity contribution >= 4 is 11.8 Å². The van der Waals surface area contributed by atoms with Crippen molar-refractivity contribution in [3.63, 3.8) is 0 Å². The van der Waals surface area contributed by atoms with Gasteiger partial charge < -0.3 is 10.1 Å². The number of hydrogen-bond donors (Lipinski definition) is 1. The molecule has 0 heterocycles. The smallest absolute Gasteiger partial charge is 0.0466 e. The van der Waals surface area contributed by atoms with Gasteiger partial charge in [-0.25, -0.2) is 0 Å². The minimum Gasteiger partial charge on any atom is -0.381 e. The summed E-state index contributed by atoms with van der Waals surface area (Å²) in [6, 6.07) is 0. The fraction of sp³-hybridized carbons (Fsp3) is 1.00. The molecular formula is C14H31NOS. The average molecular weight is 261 g/mol. The quantitative estimate of drug-likeness (QED) is 0.512. The first-order chi connectivity index (χ1) is 8.27. The fourth-order valence-electron chi connectivity index (χ4n) is 1.57. The van der Waals surface area contributed by atoms with Crippen molar-refractivity contribution < 1.29 is 4.74 Å². The van der Waals surface area contributed by atoms with Gasteiger partial charge in [0.25, 0.3) is 0 Å². The van der Waals surface area contributed by atoms with Gasteiger partial charge in [-0.2, -0.15) is 11.8 Å². The maximum Gasteiger partial charge on any atom is 0.0466 e. The van der Waals surface area contributed by atoms with Crippen LogP contribution in [0, 0.1) is 5.92 Å². The van der Waals surface area contributed by atoms with Crippen LogP contribution in [0.4, 0.5) is 0 Å². The zero-order valence-corrected chi connectivity index (χ0v) is 12.8. The SMILES string of the molecule is CSCCCCCOCCCCNCC(C)C. The van der Waals surface area contributed by atoms with Crippen molar-refractivity contribution in [2.75, 3.05) is 38.3 Å². The second kappa shape index (κ2) is 14.3. The van der Waals surface area contributed by atoms with E-state index < -0.39 is 0 Å². The first kappa shape index (κ1) is 17.3. The molecule has 0 unspecified atom stereocenters. The standard InChI is InChI=1S/C14H31NOS/c1-14(2)13-15-9-5-7-11-16-10-6-4-8-12-17-3/h14-15H,4-13H2,1-3H3. The van der Waals surface area contributed by atoms with Gasteiger partial charge in [0.2, 0.25) is 0 Å². The summed E-state index contributed by atoms with van der Waals surface area (Å²) in [4.78, 5) is 0. The number of hydrogen-bond acceptors (Lipinski definition) is 3. The highest BCUT2D eigenvalue weighted by Crippen LogP contribution is 2.02. The van der Waals surface area contributed by atoms with Gasteiger partial charge in [0, 0.05) is 13.2 Å². The van der Waals surface area contributed by atoms with Gasteiger partial charge in [-0.3, -0.25) is 0 Å². The lowest BCUT2D eigenvalue weighted by atomic mass is 10.2. The van der Waals surface area contributed by atoms with Crippen LogP contribution in [0.5, 0.6) is 0 Å². The normalized spacial score (nSPS) is 11.3. The summed E-state index contributed by atoms with van der Waals surface area (Å²) in [5.74, 6) is 2.05. The molecule has 0 atom stereocenters. The Balaban J connectivity index is 2.89. The lowest BCUT2D eigenvalue weighted by Crippen LogP contribution is -2.20. The molecule has 0 aromatic carbocycles. The van der Waals surface area contributed by atoms with Gasteiger partial charge >= 0.3 is 0 Å². The largest absolute Gasteiger partial charge is 0.381 e. The summed E-state index contributed by atoms with van der Waals surface area (Å²) in [6.45, 7) is 8.64. The molecule has 0 aliphatic carbocycles. The predicted octanol–water partition coefficient (Wildman–Crippen LogP) is 3.56. The molecule has 0 aromatic heterocycles. The van der Waals surface area contributed by atoms with Gasteiger partial charge in [0.05, 0.1) is 0 Å². The molecule has 1 N–H and O–H groups in total. The molecule has 0 saturated carbocycles. The van der Waals surface area contributed by atoms with Crippen LogP contribution in [0.15, 0.2) is 0 Å². The number of nitrogens with one attached hydrogen (secondary N) is 1. The third-order valence-electron chi connectivity index (χ3n) is 2.58. The third-order valence-corrected chi connectivity index (χ3v) is 3.28. The molecule has 0 aliphatic rings. The van der Waals surface area contributed by atoms with E-state index in [4.69, 9.17) is 4.74 Å². The van der Waals surface area contributed by atoms with Crippen molar-refractivity contribution in [2.24, 2.45) is 5.92 Å². The maximum atomic E-state index is 5.61. The van der Waals surface area contributed by atoms with E-state index in [9.17, 15) is 0 Å². The topological polar surface area (TPSA) is 21.3 Å². The lowest BCUT2D eigenvalue weighted by Gasteiger charge is -2.07. The fourth-order valence-corrected chi connectivity index (χ4v) is 2.07. The Kier molecular flexibility index (Phi) is 14.6. The molecule has 0 fully saturated rings. The Labute approximate surface area is 112 Å². The van der Waals surface area contributed by atoms with Crippen molar-refractivity contribution in [2.45, 2.75) is 46.0 Å². The van der Waals surface area contributed by atoms with Crippen molar-refractivity contribution in [1.82, 2.24) is 5.32 Å². The van der Waals surface area contributed by atoms with E-state index in [2.05, 4.69) is 25.4 Å². The van der Waals surface area contributed by atoms with Crippen LogP contribution in [-0.2, 0) is 4.74 Å². The molecule has 0 aromatic rings. The van der Waals surface area contributed by atoms with Crippen LogP contribution in [0.3, 0.4) is 0 Å². The summed E-state index contributed by atoms with van der Waals surface area (Å²) in [5.41, 5.74) is 0. The second-order valence-electron chi connectivity index (χ2n) is 4.97. The van der Waals surface area contributed by atoms with Crippen molar-refractivity contribution in [3.05, 3.63) is 0 Å². The monoisotopic (exact) mass is 261 g/mol. The molecule has 104 valence electrons. The molecule has 17 heavy (non-hydrogen) atoms. The summed E-state index contributed by atoms with van der Waals surface area (Å²) < 4.78 is 5.61. The number of unbranched alkanes of at least 4 members (excludes halogenated alkanes) is 3. The molecule has 0 aliphatic heterocycles. The lowest BCUT2D eigenvalue weighted by molar-refractivity contribution is 0.126. The van der Waals surface area contributed by atoms with Crippen molar-refractivity contribution in [1.29, 1.82) is 0 Å². The molecule has 2 nitrogen and oxygen atoms in total. The first-order valence-corrected chi connectivity index (χ1v) is 8.44. The van der Waals surface area contributed by atoms with Crippen LogP contribution < -0.4 is 5.32 Å². The Bertz CT molecular complexity index is 142. The summed E-state index contributed by atoms with van der Waals surface area (Å²) in [6.07, 6.45) is 8.48. The van der Waals surface area contributed by atoms with E-state index >= 15 is 0 Å².